The molecule has 1 saturated heterocycles. The second-order valence-electron chi connectivity index (χ2n) is 11.3. The minimum absolute atomic E-state index is 0.116. The smallest absolute Gasteiger partial charge is 0.330 e. The van der Waals surface area contributed by atoms with Crippen molar-refractivity contribution in [2.75, 3.05) is 25.5 Å². The fourth-order valence-corrected chi connectivity index (χ4v) is 6.53. The molecule has 2 aromatic heterocycles. The molecule has 228 valence electrons. The molecular formula is C32H31ClFN5O5. The van der Waals surface area contributed by atoms with Gasteiger partial charge in [-0.1, -0.05) is 23.7 Å². The number of likely N-dealkylation sites (tertiary alicyclic amines) is 1. The number of aliphatic hydroxyl groups is 1. The van der Waals surface area contributed by atoms with Gasteiger partial charge >= 0.3 is 5.69 Å². The van der Waals surface area contributed by atoms with Gasteiger partial charge in [0.25, 0.3) is 11.5 Å². The first-order chi connectivity index (χ1) is 21.0. The third kappa shape index (κ3) is 4.90. The van der Waals surface area contributed by atoms with Crippen molar-refractivity contribution in [2.24, 2.45) is 14.1 Å². The molecule has 0 spiro atoms. The van der Waals surface area contributed by atoms with Crippen molar-refractivity contribution in [3.05, 3.63) is 96.5 Å². The highest BCUT2D eigenvalue weighted by Crippen LogP contribution is 2.46. The van der Waals surface area contributed by atoms with Crippen LogP contribution in [0, 0.1) is 12.7 Å². The number of rotatable bonds is 6. The minimum Gasteiger partial charge on any atom is -0.481 e. The number of aliphatic hydroxyl groups excluding tert-OH is 1. The lowest BCUT2D eigenvalue weighted by atomic mass is 9.95. The Balaban J connectivity index is 1.37. The van der Waals surface area contributed by atoms with E-state index in [0.717, 1.165) is 33.1 Å². The minimum atomic E-state index is -0.729. The number of anilines is 1. The predicted molar refractivity (Wildman–Crippen MR) is 165 cm³/mol. The summed E-state index contributed by atoms with van der Waals surface area (Å²) in [5.74, 6) is -0.780. The largest absolute Gasteiger partial charge is 0.481 e. The summed E-state index contributed by atoms with van der Waals surface area (Å²) in [5, 5.41) is 12.7. The van der Waals surface area contributed by atoms with Crippen LogP contribution in [0.2, 0.25) is 5.02 Å². The number of aromatic nitrogens is 3. The Labute approximate surface area is 257 Å². The molecule has 2 N–H and O–H groups in total. The fourth-order valence-electron chi connectivity index (χ4n) is 6.18. The summed E-state index contributed by atoms with van der Waals surface area (Å²) < 4.78 is 23.2. The molecule has 6 rings (SSSR count). The number of pyridine rings is 1. The van der Waals surface area contributed by atoms with Crippen LogP contribution in [0.1, 0.15) is 39.5 Å². The number of nitrogens with zero attached hydrogens (tertiary/aromatic N) is 4. The molecule has 3 heterocycles. The van der Waals surface area contributed by atoms with Crippen LogP contribution in [-0.4, -0.2) is 56.3 Å². The lowest BCUT2D eigenvalue weighted by molar-refractivity contribution is -0.0256. The second-order valence-corrected chi connectivity index (χ2v) is 11.6. The average molecular weight is 620 g/mol. The van der Waals surface area contributed by atoms with Crippen LogP contribution >= 0.6 is 11.6 Å². The number of benzene rings is 2. The van der Waals surface area contributed by atoms with E-state index in [1.807, 2.05) is 6.07 Å². The number of carbonyl (C=O) groups excluding carboxylic acids is 1. The zero-order chi connectivity index (χ0) is 31.4. The number of nitrogens with one attached hydrogen (secondary N) is 1. The monoisotopic (exact) mass is 619 g/mol. The summed E-state index contributed by atoms with van der Waals surface area (Å²) in [6.07, 6.45) is 2.57. The number of β-amino-alcohol motifs (C(OH)–C–C–N with tert-alkyl or cyclic N) is 1. The molecule has 0 radical (unpaired) electrons. The van der Waals surface area contributed by atoms with Crippen molar-refractivity contribution < 1.29 is 19.0 Å². The van der Waals surface area contributed by atoms with Gasteiger partial charge in [0.2, 0.25) is 5.88 Å². The first-order valence-corrected chi connectivity index (χ1v) is 14.5. The highest BCUT2D eigenvalue weighted by molar-refractivity contribution is 6.36. The molecule has 1 aliphatic heterocycles. The lowest BCUT2D eigenvalue weighted by Crippen LogP contribution is -2.51. The Morgan fingerprint density at radius 1 is 1.16 bits per heavy atom. The van der Waals surface area contributed by atoms with Crippen LogP contribution in [-0.2, 0) is 20.5 Å². The molecule has 12 heteroatoms. The first-order valence-electron chi connectivity index (χ1n) is 14.2. The van der Waals surface area contributed by atoms with E-state index in [1.54, 1.807) is 38.3 Å². The number of carbonyl (C=O) groups is 1. The number of methoxy groups -OCH3 is 1. The second kappa shape index (κ2) is 11.3. The van der Waals surface area contributed by atoms with Gasteiger partial charge in [0.05, 0.1) is 23.9 Å². The summed E-state index contributed by atoms with van der Waals surface area (Å²) in [4.78, 5) is 44.8. The molecule has 0 saturated carbocycles. The average Bonchev–Trinajstić information content (AvgIpc) is 3.41. The fraction of sp³-hybridized carbons (Fsp3) is 0.312. The molecule has 1 amide bonds. The van der Waals surface area contributed by atoms with Crippen LogP contribution < -0.4 is 21.3 Å². The summed E-state index contributed by atoms with van der Waals surface area (Å²) in [7, 11) is 4.31. The molecule has 2 aromatic carbocycles. The van der Waals surface area contributed by atoms with Gasteiger partial charge in [-0.25, -0.2) is 14.2 Å². The summed E-state index contributed by atoms with van der Waals surface area (Å²) in [6.45, 7) is 2.95. The molecule has 0 unspecified atom stereocenters. The van der Waals surface area contributed by atoms with E-state index in [4.69, 9.17) is 21.3 Å². The van der Waals surface area contributed by atoms with Crippen LogP contribution in [0.15, 0.2) is 52.2 Å². The van der Waals surface area contributed by atoms with Crippen molar-refractivity contribution in [1.82, 2.24) is 19.0 Å². The molecule has 44 heavy (non-hydrogen) atoms. The predicted octanol–water partition coefficient (Wildman–Crippen LogP) is 3.84. The van der Waals surface area contributed by atoms with Crippen LogP contribution in [0.3, 0.4) is 0 Å². The third-order valence-electron chi connectivity index (χ3n) is 8.56. The van der Waals surface area contributed by atoms with Crippen LogP contribution in [0.5, 0.6) is 5.88 Å². The molecule has 2 aliphatic rings. The quantitative estimate of drug-likeness (QED) is 0.337. The van der Waals surface area contributed by atoms with Gasteiger partial charge in [-0.3, -0.25) is 19.1 Å². The topological polar surface area (TPSA) is 119 Å². The lowest BCUT2D eigenvalue weighted by Gasteiger charge is -2.40. The van der Waals surface area contributed by atoms with E-state index in [2.05, 4.69) is 10.2 Å². The van der Waals surface area contributed by atoms with E-state index < -0.39 is 23.0 Å². The Bertz CT molecular complexity index is 1950. The van der Waals surface area contributed by atoms with Gasteiger partial charge in [0.15, 0.2) is 0 Å². The van der Waals surface area contributed by atoms with Gasteiger partial charge in [0, 0.05) is 61.8 Å². The number of halogens is 2. The number of ether oxygens (including phenoxy) is 1. The maximum atomic E-state index is 15.5. The van der Waals surface area contributed by atoms with Crippen molar-refractivity contribution >= 4 is 23.2 Å². The van der Waals surface area contributed by atoms with Gasteiger partial charge in [-0.05, 0) is 60.7 Å². The highest BCUT2D eigenvalue weighted by atomic mass is 35.5. The first kappa shape index (κ1) is 29.7. The standard InChI is InChI=1S/C32H31ClFN5O5/c1-16-19(6-5-7-23(16)35-29(41)21-15-37(2)32(43)38(3)31(21)42)27-22(34)10-9-20(28(27)33)24-12-17-8-11-25(39-13-18(40)14-39)26(17)30(36-24)44-4/h5-7,9-10,12,15,18,25,40H,8,11,13-14H2,1-4H3,(H,35,41)/t25-/m0/s1. The normalized spacial score (nSPS) is 16.5. The maximum Gasteiger partial charge on any atom is 0.330 e. The molecule has 1 atom stereocenters. The summed E-state index contributed by atoms with van der Waals surface area (Å²) >= 11 is 6.93. The van der Waals surface area contributed by atoms with Gasteiger partial charge in [0.1, 0.15) is 11.4 Å². The summed E-state index contributed by atoms with van der Waals surface area (Å²) in [6, 6.07) is 10.00. The third-order valence-corrected chi connectivity index (χ3v) is 8.96. The van der Waals surface area contributed by atoms with Crippen LogP contribution in [0.25, 0.3) is 22.4 Å². The van der Waals surface area contributed by atoms with E-state index >= 15 is 4.39 Å². The van der Waals surface area contributed by atoms with Crippen molar-refractivity contribution in [3.8, 4) is 28.3 Å². The SMILES string of the molecule is COc1nc(-c2ccc(F)c(-c3cccc(NC(=O)c4cn(C)c(=O)n(C)c4=O)c3C)c2Cl)cc2c1[C@@H](N1CC(O)C1)CC2. The van der Waals surface area contributed by atoms with Gasteiger partial charge < -0.3 is 19.7 Å². The zero-order valence-corrected chi connectivity index (χ0v) is 25.4. The molecule has 0 bridgehead atoms. The molecular weight excluding hydrogens is 589 g/mol. The summed E-state index contributed by atoms with van der Waals surface area (Å²) in [5.41, 5.74) is 3.12. The molecule has 10 nitrogen and oxygen atoms in total. The molecule has 1 aliphatic carbocycles. The van der Waals surface area contributed by atoms with E-state index in [9.17, 15) is 19.5 Å². The van der Waals surface area contributed by atoms with Gasteiger partial charge in [-0.2, -0.15) is 0 Å². The number of fused-ring (bicyclic) bond motifs is 1. The Hall–Kier alpha value is -4.32. The molecule has 4 aromatic rings. The maximum absolute atomic E-state index is 15.5. The number of hydrogen-bond acceptors (Lipinski definition) is 7. The highest BCUT2D eigenvalue weighted by Gasteiger charge is 2.38. The Kier molecular flexibility index (Phi) is 7.64. The Morgan fingerprint density at radius 3 is 2.61 bits per heavy atom. The zero-order valence-electron chi connectivity index (χ0n) is 24.6. The van der Waals surface area contributed by atoms with Crippen molar-refractivity contribution in [3.63, 3.8) is 0 Å². The van der Waals surface area contributed by atoms with E-state index in [-0.39, 0.29) is 28.3 Å². The van der Waals surface area contributed by atoms with Crippen molar-refractivity contribution in [1.29, 1.82) is 0 Å². The van der Waals surface area contributed by atoms with Crippen molar-refractivity contribution in [2.45, 2.75) is 31.9 Å². The van der Waals surface area contributed by atoms with E-state index in [1.165, 1.54) is 26.4 Å². The van der Waals surface area contributed by atoms with E-state index in [0.29, 0.717) is 47.0 Å². The molecule has 1 fully saturated rings. The number of amides is 1. The number of hydrogen-bond donors (Lipinski definition) is 2. The number of aryl methyl sites for hydroxylation is 2. The van der Waals surface area contributed by atoms with Gasteiger partial charge in [-0.15, -0.1) is 0 Å². The Morgan fingerprint density at radius 2 is 1.91 bits per heavy atom. The van der Waals surface area contributed by atoms with Crippen LogP contribution in [0.4, 0.5) is 10.1 Å².